The molecular weight excluding hydrogens is 337 g/mol. The van der Waals surface area contributed by atoms with Crippen LogP contribution in [0.3, 0.4) is 0 Å². The van der Waals surface area contributed by atoms with Gasteiger partial charge in [-0.15, -0.1) is 0 Å². The predicted octanol–water partition coefficient (Wildman–Crippen LogP) is 6.00. The Morgan fingerprint density at radius 2 is 1.58 bits per heavy atom. The van der Waals surface area contributed by atoms with E-state index in [1.807, 2.05) is 0 Å². The summed E-state index contributed by atoms with van der Waals surface area (Å²) in [5.74, 6) is -1.53. The maximum absolute atomic E-state index is 13.9. The summed E-state index contributed by atoms with van der Waals surface area (Å²) >= 11 is 5.69. The van der Waals surface area contributed by atoms with Gasteiger partial charge in [0.2, 0.25) is 0 Å². The van der Waals surface area contributed by atoms with Crippen LogP contribution in [-0.4, -0.2) is 0 Å². The Hall–Kier alpha value is -2.46. The summed E-state index contributed by atoms with van der Waals surface area (Å²) in [7, 11) is 0. The summed E-state index contributed by atoms with van der Waals surface area (Å²) in [6, 6.07) is 14.3. The van der Waals surface area contributed by atoms with Crippen LogP contribution in [0.2, 0.25) is 5.02 Å². The molecule has 0 saturated heterocycles. The third kappa shape index (κ3) is 3.71. The minimum Gasteiger partial charge on any atom is -0.486 e. The van der Waals surface area contributed by atoms with Crippen molar-refractivity contribution in [3.63, 3.8) is 0 Å². The number of rotatable bonds is 4. The van der Waals surface area contributed by atoms with Gasteiger partial charge in [-0.2, -0.15) is 0 Å². The molecule has 5 heteroatoms. The van der Waals surface area contributed by atoms with E-state index in [4.69, 9.17) is 16.3 Å². The van der Waals surface area contributed by atoms with Gasteiger partial charge in [-0.1, -0.05) is 35.9 Å². The Balaban J connectivity index is 1.84. The van der Waals surface area contributed by atoms with Gasteiger partial charge in [0.15, 0.2) is 11.6 Å². The minimum atomic E-state index is -0.579. The summed E-state index contributed by atoms with van der Waals surface area (Å²) in [6.07, 6.45) is 0. The van der Waals surface area contributed by atoms with Gasteiger partial charge in [0.1, 0.15) is 18.2 Å². The van der Waals surface area contributed by atoms with Gasteiger partial charge in [0.05, 0.1) is 0 Å². The Kier molecular flexibility index (Phi) is 4.76. The van der Waals surface area contributed by atoms with Crippen LogP contribution in [0.15, 0.2) is 60.7 Å². The molecule has 0 bridgehead atoms. The fourth-order valence-electron chi connectivity index (χ4n) is 2.26. The van der Waals surface area contributed by atoms with Gasteiger partial charge in [-0.3, -0.25) is 0 Å². The number of halogens is 4. The van der Waals surface area contributed by atoms with Gasteiger partial charge in [0, 0.05) is 10.6 Å². The highest BCUT2D eigenvalue weighted by atomic mass is 35.5. The summed E-state index contributed by atoms with van der Waals surface area (Å²) in [5.41, 5.74) is 1.45. The molecule has 0 spiro atoms. The van der Waals surface area contributed by atoms with Crippen molar-refractivity contribution < 1.29 is 17.9 Å². The molecule has 0 N–H and O–H groups in total. The molecule has 0 fully saturated rings. The fraction of sp³-hybridized carbons (Fsp3) is 0.0526. The molecule has 1 nitrogen and oxygen atoms in total. The van der Waals surface area contributed by atoms with Crippen LogP contribution in [0, 0.1) is 17.5 Å². The lowest BCUT2D eigenvalue weighted by Gasteiger charge is -2.10. The monoisotopic (exact) mass is 348 g/mol. The van der Waals surface area contributed by atoms with Gasteiger partial charge < -0.3 is 4.74 Å². The van der Waals surface area contributed by atoms with Crippen LogP contribution in [0.1, 0.15) is 5.56 Å². The van der Waals surface area contributed by atoms with Crippen molar-refractivity contribution in [1.82, 2.24) is 0 Å². The molecule has 0 aliphatic heterocycles. The highest BCUT2D eigenvalue weighted by Gasteiger charge is 2.09. The van der Waals surface area contributed by atoms with E-state index < -0.39 is 11.6 Å². The standard InChI is InChI=1S/C19H12ClF3O/c20-15-6-4-14(18(23)10-15)11-24-19-9-13(5-7-17(19)22)12-2-1-3-16(21)8-12/h1-10H,11H2. The summed E-state index contributed by atoms with van der Waals surface area (Å²) < 4.78 is 46.4. The Morgan fingerprint density at radius 3 is 2.33 bits per heavy atom. The predicted molar refractivity (Wildman–Crippen MR) is 87.5 cm³/mol. The SMILES string of the molecule is Fc1cccc(-c2ccc(F)c(OCc3ccc(Cl)cc3F)c2)c1. The van der Waals surface area contributed by atoms with Gasteiger partial charge in [0.25, 0.3) is 0 Å². The molecule has 0 aliphatic rings. The van der Waals surface area contributed by atoms with E-state index >= 15 is 0 Å². The van der Waals surface area contributed by atoms with Crippen LogP contribution in [0.25, 0.3) is 11.1 Å². The van der Waals surface area contributed by atoms with Crippen LogP contribution >= 0.6 is 11.6 Å². The molecular formula is C19H12ClF3O. The third-order valence-corrected chi connectivity index (χ3v) is 3.72. The molecule has 0 radical (unpaired) electrons. The molecule has 0 aliphatic carbocycles. The van der Waals surface area contributed by atoms with Gasteiger partial charge >= 0.3 is 0 Å². The summed E-state index contributed by atoms with van der Waals surface area (Å²) in [4.78, 5) is 0. The first-order valence-electron chi connectivity index (χ1n) is 7.15. The first-order chi connectivity index (χ1) is 11.5. The lowest BCUT2D eigenvalue weighted by molar-refractivity contribution is 0.285. The average Bonchev–Trinajstić information content (AvgIpc) is 2.55. The van der Waals surface area contributed by atoms with Crippen LogP contribution in [0.4, 0.5) is 13.2 Å². The van der Waals surface area contributed by atoms with Crippen LogP contribution in [0.5, 0.6) is 5.75 Å². The van der Waals surface area contributed by atoms with Crippen molar-refractivity contribution in [2.45, 2.75) is 6.61 Å². The molecule has 122 valence electrons. The van der Waals surface area contributed by atoms with Crippen molar-refractivity contribution in [1.29, 1.82) is 0 Å². The average molecular weight is 349 g/mol. The first-order valence-corrected chi connectivity index (χ1v) is 7.53. The number of benzene rings is 3. The van der Waals surface area contributed by atoms with Crippen molar-refractivity contribution in [3.8, 4) is 16.9 Å². The second-order valence-electron chi connectivity index (χ2n) is 5.18. The van der Waals surface area contributed by atoms with E-state index in [0.717, 1.165) is 0 Å². The van der Waals surface area contributed by atoms with E-state index in [0.29, 0.717) is 11.1 Å². The van der Waals surface area contributed by atoms with Crippen LogP contribution in [-0.2, 0) is 6.61 Å². The number of hydrogen-bond acceptors (Lipinski definition) is 1. The topological polar surface area (TPSA) is 9.23 Å². The maximum atomic E-state index is 13.9. The van der Waals surface area contributed by atoms with Crippen molar-refractivity contribution in [3.05, 3.63) is 88.7 Å². The zero-order valence-corrected chi connectivity index (χ0v) is 13.2. The molecule has 0 saturated carbocycles. The molecule has 0 heterocycles. The molecule has 3 aromatic carbocycles. The molecule has 24 heavy (non-hydrogen) atoms. The third-order valence-electron chi connectivity index (χ3n) is 3.49. The van der Waals surface area contributed by atoms with Gasteiger partial charge in [-0.25, -0.2) is 13.2 Å². The lowest BCUT2D eigenvalue weighted by Crippen LogP contribution is -2.00. The Bertz CT molecular complexity index is 880. The second-order valence-corrected chi connectivity index (χ2v) is 5.62. The molecule has 0 atom stereocenters. The normalized spacial score (nSPS) is 10.7. The van der Waals surface area contributed by atoms with E-state index in [2.05, 4.69) is 0 Å². The van der Waals surface area contributed by atoms with Gasteiger partial charge in [-0.05, 0) is 47.5 Å². The summed E-state index contributed by atoms with van der Waals surface area (Å²) in [5, 5.41) is 0.274. The molecule has 3 aromatic rings. The smallest absolute Gasteiger partial charge is 0.165 e. The largest absolute Gasteiger partial charge is 0.486 e. The number of ether oxygens (including phenoxy) is 1. The van der Waals surface area contributed by atoms with E-state index in [1.54, 1.807) is 12.1 Å². The molecule has 0 unspecified atom stereocenters. The summed E-state index contributed by atoms with van der Waals surface area (Å²) in [6.45, 7) is -0.146. The maximum Gasteiger partial charge on any atom is 0.165 e. The molecule has 0 aromatic heterocycles. The zero-order valence-electron chi connectivity index (χ0n) is 12.4. The zero-order chi connectivity index (χ0) is 17.1. The highest BCUT2D eigenvalue weighted by molar-refractivity contribution is 6.30. The number of hydrogen-bond donors (Lipinski definition) is 0. The quantitative estimate of drug-likeness (QED) is 0.561. The van der Waals surface area contributed by atoms with Crippen LogP contribution < -0.4 is 4.74 Å². The van der Waals surface area contributed by atoms with E-state index in [9.17, 15) is 13.2 Å². The minimum absolute atomic E-state index is 0.0360. The Morgan fingerprint density at radius 1 is 0.792 bits per heavy atom. The van der Waals surface area contributed by atoms with E-state index in [-0.39, 0.29) is 28.8 Å². The Labute approximate surface area is 142 Å². The van der Waals surface area contributed by atoms with Crippen molar-refractivity contribution >= 4 is 11.6 Å². The highest BCUT2D eigenvalue weighted by Crippen LogP contribution is 2.28. The lowest BCUT2D eigenvalue weighted by atomic mass is 10.1. The van der Waals surface area contributed by atoms with E-state index in [1.165, 1.54) is 48.5 Å². The second kappa shape index (κ2) is 6.97. The van der Waals surface area contributed by atoms with Crippen molar-refractivity contribution in [2.24, 2.45) is 0 Å². The first kappa shape index (κ1) is 16.4. The fourth-order valence-corrected chi connectivity index (χ4v) is 2.41. The van der Waals surface area contributed by atoms with Crippen molar-refractivity contribution in [2.75, 3.05) is 0 Å². The molecule has 3 rings (SSSR count). The molecule has 0 amide bonds.